The molecule has 8 nitrogen and oxygen atoms in total. The monoisotopic (exact) mass is 319 g/mol. The molecule has 0 saturated carbocycles. The number of aliphatic hydroxyl groups excluding tert-OH is 1. The minimum atomic E-state index is -3.58. The smallest absolute Gasteiger partial charge is 0.267 e. The summed E-state index contributed by atoms with van der Waals surface area (Å²) in [4.78, 5) is 12.0. The van der Waals surface area contributed by atoms with Crippen LogP contribution in [0.1, 0.15) is 16.9 Å². The maximum atomic E-state index is 12.0. The zero-order chi connectivity index (χ0) is 16.0. The number of carbonyl (C=O) groups excluding carboxylic acids is 1. The van der Waals surface area contributed by atoms with Crippen LogP contribution in [-0.2, 0) is 21.8 Å². The Bertz CT molecular complexity index is 582. The zero-order valence-corrected chi connectivity index (χ0v) is 13.1. The van der Waals surface area contributed by atoms with E-state index in [4.69, 9.17) is 4.74 Å². The first kappa shape index (κ1) is 17.6. The Morgan fingerprint density at radius 1 is 1.52 bits per heavy atom. The van der Waals surface area contributed by atoms with Crippen molar-refractivity contribution in [2.75, 3.05) is 27.3 Å². The predicted octanol–water partition coefficient (Wildman–Crippen LogP) is -0.940. The van der Waals surface area contributed by atoms with E-state index in [2.05, 4.69) is 10.0 Å². The highest BCUT2D eigenvalue weighted by molar-refractivity contribution is 7.89. The topological polar surface area (TPSA) is 110 Å². The van der Waals surface area contributed by atoms with Gasteiger partial charge in [0.15, 0.2) is 0 Å². The summed E-state index contributed by atoms with van der Waals surface area (Å²) in [5.41, 5.74) is 0.227. The van der Waals surface area contributed by atoms with Crippen molar-refractivity contribution in [3.05, 3.63) is 18.0 Å². The molecule has 1 aromatic rings. The van der Waals surface area contributed by atoms with Crippen LogP contribution >= 0.6 is 0 Å². The number of methoxy groups -OCH3 is 1. The van der Waals surface area contributed by atoms with Gasteiger partial charge >= 0.3 is 0 Å². The number of sulfonamides is 1. The van der Waals surface area contributed by atoms with E-state index in [0.29, 0.717) is 6.42 Å². The number of ether oxygens (including phenoxy) is 1. The molecule has 1 aromatic heterocycles. The average Bonchev–Trinajstić information content (AvgIpc) is 2.82. The SMILES string of the molecule is CNS(=O)(=O)c1cc(C(=O)NCCC(O)COC)n(C)c1. The molecule has 9 heteroatoms. The second kappa shape index (κ2) is 7.55. The van der Waals surface area contributed by atoms with Crippen molar-refractivity contribution in [3.63, 3.8) is 0 Å². The highest BCUT2D eigenvalue weighted by Gasteiger charge is 2.19. The zero-order valence-electron chi connectivity index (χ0n) is 12.3. The van der Waals surface area contributed by atoms with E-state index >= 15 is 0 Å². The van der Waals surface area contributed by atoms with Gasteiger partial charge in [0, 0.05) is 26.9 Å². The van der Waals surface area contributed by atoms with Crippen LogP contribution in [0, 0.1) is 0 Å². The second-order valence-electron chi connectivity index (χ2n) is 4.53. The summed E-state index contributed by atoms with van der Waals surface area (Å²) in [5.74, 6) is -0.403. The fourth-order valence-corrected chi connectivity index (χ4v) is 2.54. The first-order valence-electron chi connectivity index (χ1n) is 6.37. The van der Waals surface area contributed by atoms with E-state index in [1.165, 1.54) is 31.0 Å². The van der Waals surface area contributed by atoms with Gasteiger partial charge in [0.2, 0.25) is 10.0 Å². The van der Waals surface area contributed by atoms with Crippen molar-refractivity contribution in [3.8, 4) is 0 Å². The minimum Gasteiger partial charge on any atom is -0.391 e. The molecule has 0 aliphatic carbocycles. The third-order valence-electron chi connectivity index (χ3n) is 2.91. The molecule has 0 fully saturated rings. The molecule has 1 rings (SSSR count). The minimum absolute atomic E-state index is 0.0251. The Morgan fingerprint density at radius 3 is 2.76 bits per heavy atom. The van der Waals surface area contributed by atoms with Gasteiger partial charge in [0.05, 0.1) is 12.7 Å². The number of aromatic nitrogens is 1. The van der Waals surface area contributed by atoms with Crippen molar-refractivity contribution in [2.24, 2.45) is 7.05 Å². The van der Waals surface area contributed by atoms with E-state index in [9.17, 15) is 18.3 Å². The van der Waals surface area contributed by atoms with Crippen molar-refractivity contribution < 1.29 is 23.1 Å². The first-order valence-corrected chi connectivity index (χ1v) is 7.85. The summed E-state index contributed by atoms with van der Waals surface area (Å²) in [6.45, 7) is 0.466. The Labute approximate surface area is 124 Å². The van der Waals surface area contributed by atoms with E-state index in [1.54, 1.807) is 7.05 Å². The number of amides is 1. The Balaban J connectivity index is 2.67. The summed E-state index contributed by atoms with van der Waals surface area (Å²) < 4.78 is 31.7. The van der Waals surface area contributed by atoms with Gasteiger partial charge in [-0.1, -0.05) is 0 Å². The van der Waals surface area contributed by atoms with Crippen molar-refractivity contribution in [2.45, 2.75) is 17.4 Å². The van der Waals surface area contributed by atoms with Crippen LogP contribution < -0.4 is 10.0 Å². The average molecular weight is 319 g/mol. The Kier molecular flexibility index (Phi) is 6.34. The lowest BCUT2D eigenvalue weighted by molar-refractivity contribution is 0.0587. The molecule has 0 aliphatic rings. The van der Waals surface area contributed by atoms with Gasteiger partial charge in [-0.3, -0.25) is 4.79 Å². The van der Waals surface area contributed by atoms with Gasteiger partial charge < -0.3 is 19.7 Å². The summed E-state index contributed by atoms with van der Waals surface area (Å²) in [5, 5.41) is 12.1. The Morgan fingerprint density at radius 2 is 2.19 bits per heavy atom. The van der Waals surface area contributed by atoms with Crippen molar-refractivity contribution in [1.29, 1.82) is 0 Å². The van der Waals surface area contributed by atoms with E-state index in [1.807, 2.05) is 0 Å². The van der Waals surface area contributed by atoms with Crippen LogP contribution in [-0.4, -0.2) is 57.4 Å². The number of nitrogens with zero attached hydrogens (tertiary/aromatic N) is 1. The lowest BCUT2D eigenvalue weighted by atomic mass is 10.2. The summed E-state index contributed by atoms with van der Waals surface area (Å²) in [6, 6.07) is 1.30. The van der Waals surface area contributed by atoms with E-state index in [0.717, 1.165) is 0 Å². The maximum Gasteiger partial charge on any atom is 0.267 e. The number of carbonyl (C=O) groups is 1. The molecule has 120 valence electrons. The summed E-state index contributed by atoms with van der Waals surface area (Å²) in [6.07, 6.45) is 1.07. The molecule has 0 saturated heterocycles. The van der Waals surface area contributed by atoms with Crippen LogP contribution in [0.25, 0.3) is 0 Å². The third-order valence-corrected chi connectivity index (χ3v) is 4.30. The summed E-state index contributed by atoms with van der Waals surface area (Å²) >= 11 is 0. The maximum absolute atomic E-state index is 12.0. The Hall–Kier alpha value is -1.42. The number of hydrogen-bond donors (Lipinski definition) is 3. The van der Waals surface area contributed by atoms with Gasteiger partial charge in [-0.2, -0.15) is 0 Å². The van der Waals surface area contributed by atoms with Gasteiger partial charge in [-0.15, -0.1) is 0 Å². The summed E-state index contributed by atoms with van der Waals surface area (Å²) in [7, 11) is 0.791. The molecular weight excluding hydrogens is 298 g/mol. The van der Waals surface area contributed by atoms with E-state index in [-0.39, 0.29) is 23.7 Å². The van der Waals surface area contributed by atoms with E-state index < -0.39 is 22.0 Å². The number of nitrogens with one attached hydrogen (secondary N) is 2. The molecule has 21 heavy (non-hydrogen) atoms. The number of aryl methyl sites for hydroxylation is 1. The molecule has 0 radical (unpaired) electrons. The van der Waals surface area contributed by atoms with Crippen LogP contribution in [0.15, 0.2) is 17.2 Å². The van der Waals surface area contributed by atoms with Gasteiger partial charge in [0.25, 0.3) is 5.91 Å². The molecule has 1 amide bonds. The highest BCUT2D eigenvalue weighted by Crippen LogP contribution is 2.12. The molecule has 0 spiro atoms. The molecule has 1 unspecified atom stereocenters. The fraction of sp³-hybridized carbons (Fsp3) is 0.583. The molecule has 1 atom stereocenters. The van der Waals surface area contributed by atoms with Gasteiger partial charge in [-0.05, 0) is 19.5 Å². The lowest BCUT2D eigenvalue weighted by Crippen LogP contribution is -2.29. The molecule has 3 N–H and O–H groups in total. The lowest BCUT2D eigenvalue weighted by Gasteiger charge is -2.10. The number of rotatable bonds is 8. The fourth-order valence-electron chi connectivity index (χ4n) is 1.74. The first-order chi connectivity index (χ1) is 9.81. The van der Waals surface area contributed by atoms with Crippen LogP contribution in [0.3, 0.4) is 0 Å². The number of hydrogen-bond acceptors (Lipinski definition) is 5. The predicted molar refractivity (Wildman–Crippen MR) is 76.5 cm³/mol. The van der Waals surface area contributed by atoms with Crippen molar-refractivity contribution >= 4 is 15.9 Å². The van der Waals surface area contributed by atoms with Crippen LogP contribution in [0.4, 0.5) is 0 Å². The standard InChI is InChI=1S/C12H21N3O5S/c1-13-21(18,19)10-6-11(15(2)7-10)12(17)14-5-4-9(16)8-20-3/h6-7,9,13,16H,4-5,8H2,1-3H3,(H,14,17). The van der Waals surface area contributed by atoms with Gasteiger partial charge in [0.1, 0.15) is 10.6 Å². The van der Waals surface area contributed by atoms with Gasteiger partial charge in [-0.25, -0.2) is 13.1 Å². The molecule has 0 aliphatic heterocycles. The molecule has 0 bridgehead atoms. The van der Waals surface area contributed by atoms with Crippen LogP contribution in [0.5, 0.6) is 0 Å². The number of aliphatic hydroxyl groups is 1. The third kappa shape index (κ3) is 4.81. The molecule has 1 heterocycles. The normalized spacial score (nSPS) is 13.1. The quantitative estimate of drug-likeness (QED) is 0.573. The molecular formula is C12H21N3O5S. The molecule has 0 aromatic carbocycles. The second-order valence-corrected chi connectivity index (χ2v) is 6.42. The van der Waals surface area contributed by atoms with Crippen molar-refractivity contribution in [1.82, 2.24) is 14.6 Å². The largest absolute Gasteiger partial charge is 0.391 e. The van der Waals surface area contributed by atoms with Crippen LogP contribution in [0.2, 0.25) is 0 Å². The highest BCUT2D eigenvalue weighted by atomic mass is 32.2.